The Bertz CT molecular complexity index is 1640. The Morgan fingerprint density at radius 3 is 2.77 bits per heavy atom. The van der Waals surface area contributed by atoms with Gasteiger partial charge in [0, 0.05) is 23.7 Å². The molecule has 5 rings (SSSR count). The number of carbonyl (C=O) groups is 1. The number of ether oxygens (including phenoxy) is 1. The normalized spacial score (nSPS) is 10.8. The van der Waals surface area contributed by atoms with Crippen molar-refractivity contribution < 1.29 is 13.9 Å². The molecule has 196 valence electrons. The third-order valence-electron chi connectivity index (χ3n) is 5.80. The fourth-order valence-electron chi connectivity index (χ4n) is 3.85. The number of fused-ring (bicyclic) bond motifs is 1. The molecule has 0 unspecified atom stereocenters. The van der Waals surface area contributed by atoms with Crippen molar-refractivity contribution in [1.29, 1.82) is 0 Å². The second-order valence-corrected chi connectivity index (χ2v) is 8.94. The van der Waals surface area contributed by atoms with Gasteiger partial charge in [0.25, 0.3) is 0 Å². The van der Waals surface area contributed by atoms with Crippen molar-refractivity contribution in [2.45, 2.75) is 19.6 Å². The van der Waals surface area contributed by atoms with E-state index in [2.05, 4.69) is 49.6 Å². The Balaban J connectivity index is 1.37. The molecule has 0 saturated heterocycles. The zero-order chi connectivity index (χ0) is 27.2. The van der Waals surface area contributed by atoms with Crippen LogP contribution >= 0.6 is 11.6 Å². The lowest BCUT2D eigenvalue weighted by atomic mass is 10.1. The number of halogens is 2. The van der Waals surface area contributed by atoms with Gasteiger partial charge in [-0.15, -0.1) is 5.10 Å². The minimum atomic E-state index is -0.526. The molecule has 2 heterocycles. The van der Waals surface area contributed by atoms with Crippen LogP contribution in [-0.4, -0.2) is 30.9 Å². The van der Waals surface area contributed by atoms with E-state index in [1.54, 1.807) is 22.9 Å². The van der Waals surface area contributed by atoms with Crippen LogP contribution in [0.25, 0.3) is 10.9 Å². The predicted octanol–water partition coefficient (Wildman–Crippen LogP) is 5.70. The molecule has 5 aromatic rings. The number of aryl methyl sites for hydroxylation is 2. The summed E-state index contributed by atoms with van der Waals surface area (Å²) in [4.78, 5) is 20.8. The molecular weight excluding hydrogens is 521 g/mol. The van der Waals surface area contributed by atoms with E-state index in [1.165, 1.54) is 24.0 Å². The Morgan fingerprint density at radius 1 is 1.13 bits per heavy atom. The Kier molecular flexibility index (Phi) is 7.74. The van der Waals surface area contributed by atoms with Crippen LogP contribution in [0.4, 0.5) is 21.6 Å². The van der Waals surface area contributed by atoms with Gasteiger partial charge in [0.15, 0.2) is 0 Å². The second kappa shape index (κ2) is 11.7. The summed E-state index contributed by atoms with van der Waals surface area (Å²) in [5, 5.41) is 14.8. The summed E-state index contributed by atoms with van der Waals surface area (Å²) >= 11 is 5.92. The van der Waals surface area contributed by atoms with Gasteiger partial charge in [-0.3, -0.25) is 9.48 Å². The summed E-state index contributed by atoms with van der Waals surface area (Å²) in [6.45, 7) is 4.32. The van der Waals surface area contributed by atoms with E-state index < -0.39 is 11.7 Å². The molecule has 0 spiro atoms. The molecule has 39 heavy (non-hydrogen) atoms. The lowest BCUT2D eigenvalue weighted by molar-refractivity contribution is -0.111. The number of benzene rings is 3. The number of hydrogen-bond donors (Lipinski definition) is 2. The summed E-state index contributed by atoms with van der Waals surface area (Å²) < 4.78 is 21.4. The van der Waals surface area contributed by atoms with E-state index in [9.17, 15) is 9.18 Å². The predicted molar refractivity (Wildman–Crippen MR) is 148 cm³/mol. The van der Waals surface area contributed by atoms with E-state index >= 15 is 0 Å². The fraction of sp³-hybridized carbons (Fsp3) is 0.107. The van der Waals surface area contributed by atoms with Crippen LogP contribution < -0.4 is 15.4 Å². The van der Waals surface area contributed by atoms with Crippen molar-refractivity contribution in [3.8, 4) is 5.75 Å². The molecule has 0 aliphatic rings. The molecule has 2 aromatic heterocycles. The number of rotatable bonds is 10. The number of hydrogen-bond acceptors (Lipinski definition) is 7. The van der Waals surface area contributed by atoms with Gasteiger partial charge in [-0.1, -0.05) is 53.7 Å². The summed E-state index contributed by atoms with van der Waals surface area (Å²) in [7, 11) is 0. The number of nitrogens with zero attached hydrogens (tertiary/aromatic N) is 5. The lowest BCUT2D eigenvalue weighted by Gasteiger charge is -2.14. The zero-order valence-corrected chi connectivity index (χ0v) is 21.4. The number of aromatic nitrogens is 5. The summed E-state index contributed by atoms with van der Waals surface area (Å²) in [5.41, 5.74) is 3.32. The van der Waals surface area contributed by atoms with Crippen molar-refractivity contribution in [2.75, 3.05) is 10.6 Å². The first-order valence-electron chi connectivity index (χ1n) is 12.0. The Hall–Kier alpha value is -4.83. The zero-order valence-electron chi connectivity index (χ0n) is 20.6. The maximum atomic E-state index is 13.6. The van der Waals surface area contributed by atoms with Crippen molar-refractivity contribution >= 4 is 45.6 Å². The summed E-state index contributed by atoms with van der Waals surface area (Å²) in [6, 6.07) is 17.8. The second-order valence-electron chi connectivity index (χ2n) is 8.53. The Morgan fingerprint density at radius 2 is 1.97 bits per heavy atom. The summed E-state index contributed by atoms with van der Waals surface area (Å²) in [5.74, 6) is -0.124. The first-order chi connectivity index (χ1) is 19.0. The summed E-state index contributed by atoms with van der Waals surface area (Å²) in [6.07, 6.45) is 5.20. The highest BCUT2D eigenvalue weighted by atomic mass is 35.5. The number of nitrogens with one attached hydrogen (secondary N) is 2. The molecule has 0 radical (unpaired) electrons. The number of carbonyl (C=O) groups excluding carboxylic acids is 1. The van der Waals surface area contributed by atoms with Gasteiger partial charge < -0.3 is 15.4 Å². The van der Waals surface area contributed by atoms with Crippen LogP contribution in [0.3, 0.4) is 0 Å². The topological polar surface area (TPSA) is 107 Å². The first-order valence-corrected chi connectivity index (χ1v) is 12.4. The van der Waals surface area contributed by atoms with Gasteiger partial charge in [-0.05, 0) is 42.3 Å². The van der Waals surface area contributed by atoms with Crippen LogP contribution in [0.5, 0.6) is 5.75 Å². The van der Waals surface area contributed by atoms with Gasteiger partial charge in [0.05, 0.1) is 22.4 Å². The highest BCUT2D eigenvalue weighted by Crippen LogP contribution is 2.34. The van der Waals surface area contributed by atoms with E-state index in [-0.39, 0.29) is 11.6 Å². The molecule has 0 saturated carbocycles. The average molecular weight is 544 g/mol. The average Bonchev–Trinajstić information content (AvgIpc) is 3.41. The lowest BCUT2D eigenvalue weighted by Crippen LogP contribution is -2.10. The van der Waals surface area contributed by atoms with E-state index in [1.807, 2.05) is 24.4 Å². The van der Waals surface area contributed by atoms with E-state index in [4.69, 9.17) is 16.3 Å². The van der Waals surface area contributed by atoms with Crippen molar-refractivity contribution in [3.05, 3.63) is 108 Å². The van der Waals surface area contributed by atoms with Crippen molar-refractivity contribution in [3.63, 3.8) is 0 Å². The largest absolute Gasteiger partial charge is 0.485 e. The molecular formula is C28H23ClFN7O2. The van der Waals surface area contributed by atoms with Crippen LogP contribution in [0.15, 0.2) is 85.8 Å². The van der Waals surface area contributed by atoms with Crippen molar-refractivity contribution in [2.24, 2.45) is 0 Å². The molecule has 2 N–H and O–H groups in total. The van der Waals surface area contributed by atoms with Gasteiger partial charge in [-0.25, -0.2) is 14.4 Å². The molecule has 0 aliphatic heterocycles. The van der Waals surface area contributed by atoms with E-state index in [0.717, 1.165) is 12.5 Å². The molecule has 3 aromatic carbocycles. The third-order valence-corrected chi connectivity index (χ3v) is 6.09. The molecule has 9 nitrogen and oxygen atoms in total. The monoisotopic (exact) mass is 543 g/mol. The molecule has 0 atom stereocenters. The molecule has 0 aliphatic carbocycles. The third kappa shape index (κ3) is 6.36. The van der Waals surface area contributed by atoms with E-state index in [0.29, 0.717) is 46.1 Å². The standard InChI is InChI=1S/C28H23ClFN7O2/c1-2-27(38)34-25-13-21-24(31-17-32-28(21)33-19-8-9-23(30)22(29)12-19)14-26(25)39-16-20-15-37(36-35-20)11-10-18-6-4-3-5-7-18/h2-9,12-15,17H,1,10-11,16H2,(H,34,38)(H,31,32,33). The van der Waals surface area contributed by atoms with Crippen LogP contribution in [0.1, 0.15) is 11.3 Å². The smallest absolute Gasteiger partial charge is 0.247 e. The quantitative estimate of drug-likeness (QED) is 0.217. The minimum Gasteiger partial charge on any atom is -0.485 e. The first kappa shape index (κ1) is 25.8. The fourth-order valence-corrected chi connectivity index (χ4v) is 4.03. The molecule has 0 bridgehead atoms. The maximum absolute atomic E-state index is 13.6. The Labute approximate surface area is 228 Å². The number of anilines is 3. The SMILES string of the molecule is C=CC(=O)Nc1cc2c(Nc3ccc(F)c(Cl)c3)ncnc2cc1OCc1cn(CCc2ccccc2)nn1. The van der Waals surface area contributed by atoms with Crippen LogP contribution in [0.2, 0.25) is 5.02 Å². The highest BCUT2D eigenvalue weighted by molar-refractivity contribution is 6.31. The minimum absolute atomic E-state index is 0.0232. The van der Waals surface area contributed by atoms with Crippen molar-refractivity contribution in [1.82, 2.24) is 25.0 Å². The van der Waals surface area contributed by atoms with Gasteiger partial charge >= 0.3 is 0 Å². The van der Waals surface area contributed by atoms with Gasteiger partial charge in [-0.2, -0.15) is 0 Å². The van der Waals surface area contributed by atoms with Gasteiger partial charge in [0.1, 0.15) is 36.0 Å². The molecule has 1 amide bonds. The van der Waals surface area contributed by atoms with Crippen LogP contribution in [-0.2, 0) is 24.4 Å². The molecule has 0 fully saturated rings. The van der Waals surface area contributed by atoms with Gasteiger partial charge in [0.2, 0.25) is 5.91 Å². The highest BCUT2D eigenvalue weighted by Gasteiger charge is 2.14. The number of amides is 1. The van der Waals surface area contributed by atoms with Crippen LogP contribution in [0, 0.1) is 5.82 Å². The maximum Gasteiger partial charge on any atom is 0.247 e. The molecule has 11 heteroatoms.